The van der Waals surface area contributed by atoms with Gasteiger partial charge < -0.3 is 19.8 Å². The Hall–Kier alpha value is -4.10. The number of carbonyl (C=O) groups excluding carboxylic acids is 1. The van der Waals surface area contributed by atoms with Gasteiger partial charge in [-0.3, -0.25) is 9.89 Å². The van der Waals surface area contributed by atoms with Crippen molar-refractivity contribution in [2.75, 3.05) is 13.2 Å². The normalized spacial score (nSPS) is 14.9. The van der Waals surface area contributed by atoms with Gasteiger partial charge in [0.2, 0.25) is 0 Å². The Bertz CT molecular complexity index is 1280. The van der Waals surface area contributed by atoms with E-state index >= 15 is 0 Å². The highest BCUT2D eigenvalue weighted by atomic mass is 16.5. The van der Waals surface area contributed by atoms with E-state index in [9.17, 15) is 15.0 Å². The van der Waals surface area contributed by atoms with E-state index < -0.39 is 6.04 Å². The van der Waals surface area contributed by atoms with E-state index in [2.05, 4.69) is 10.2 Å². The number of benzene rings is 3. The first kappa shape index (κ1) is 21.7. The van der Waals surface area contributed by atoms with Crippen LogP contribution in [0.3, 0.4) is 0 Å². The summed E-state index contributed by atoms with van der Waals surface area (Å²) in [5, 5.41) is 27.1. The molecule has 5 rings (SSSR count). The van der Waals surface area contributed by atoms with Crippen molar-refractivity contribution >= 4 is 5.91 Å². The lowest BCUT2D eigenvalue weighted by Gasteiger charge is -2.26. The van der Waals surface area contributed by atoms with Crippen molar-refractivity contribution in [1.82, 2.24) is 15.1 Å². The molecule has 1 amide bonds. The molecule has 0 bridgehead atoms. The van der Waals surface area contributed by atoms with Crippen LogP contribution >= 0.6 is 0 Å². The number of aromatic amines is 1. The molecule has 0 saturated carbocycles. The number of phenols is 1. The molecular formula is C27H25N3O4. The number of phenolic OH excluding ortho intramolecular Hbond substituents is 1. The topological polar surface area (TPSA) is 98.7 Å². The molecule has 0 unspecified atom stereocenters. The van der Waals surface area contributed by atoms with Crippen LogP contribution in [0.5, 0.6) is 11.5 Å². The summed E-state index contributed by atoms with van der Waals surface area (Å²) in [6.07, 6.45) is 0.462. The maximum Gasteiger partial charge on any atom is 0.273 e. The first-order valence-corrected chi connectivity index (χ1v) is 11.2. The Kier molecular flexibility index (Phi) is 6.01. The molecule has 1 aliphatic heterocycles. The monoisotopic (exact) mass is 455 g/mol. The molecule has 3 aromatic carbocycles. The molecule has 0 aliphatic carbocycles. The van der Waals surface area contributed by atoms with Crippen LogP contribution in [0.2, 0.25) is 0 Å². The summed E-state index contributed by atoms with van der Waals surface area (Å²) in [4.78, 5) is 15.0. The van der Waals surface area contributed by atoms with Crippen molar-refractivity contribution in [3.63, 3.8) is 0 Å². The quantitative estimate of drug-likeness (QED) is 0.368. The van der Waals surface area contributed by atoms with Gasteiger partial charge in [0, 0.05) is 24.3 Å². The van der Waals surface area contributed by atoms with Crippen LogP contribution < -0.4 is 4.74 Å². The van der Waals surface area contributed by atoms with Crippen LogP contribution in [0.1, 0.15) is 39.6 Å². The maximum atomic E-state index is 13.2. The molecule has 4 aromatic rings. The molecule has 172 valence electrons. The Labute approximate surface area is 197 Å². The van der Waals surface area contributed by atoms with Gasteiger partial charge in [-0.1, -0.05) is 54.6 Å². The summed E-state index contributed by atoms with van der Waals surface area (Å²) < 4.78 is 5.92. The zero-order chi connectivity index (χ0) is 23.5. The number of carbonyl (C=O) groups is 1. The number of rotatable bonds is 8. The summed E-state index contributed by atoms with van der Waals surface area (Å²) in [6, 6.07) is 24.2. The third-order valence-electron chi connectivity index (χ3n) is 6.02. The molecule has 0 spiro atoms. The van der Waals surface area contributed by atoms with E-state index in [0.29, 0.717) is 36.5 Å². The lowest BCUT2D eigenvalue weighted by atomic mass is 9.95. The van der Waals surface area contributed by atoms with Gasteiger partial charge in [-0.05, 0) is 41.8 Å². The summed E-state index contributed by atoms with van der Waals surface area (Å²) in [5.41, 5.74) is 4.22. The predicted molar refractivity (Wildman–Crippen MR) is 127 cm³/mol. The minimum absolute atomic E-state index is 0.0126. The minimum atomic E-state index is -0.398. The highest BCUT2D eigenvalue weighted by Crippen LogP contribution is 2.44. The Morgan fingerprint density at radius 1 is 0.971 bits per heavy atom. The highest BCUT2D eigenvalue weighted by Gasteiger charge is 2.42. The van der Waals surface area contributed by atoms with E-state index in [0.717, 1.165) is 22.4 Å². The fraction of sp³-hybridized carbons (Fsp3) is 0.185. The number of ether oxygens (including phenoxy) is 1. The van der Waals surface area contributed by atoms with E-state index in [1.807, 2.05) is 60.7 Å². The van der Waals surface area contributed by atoms with Crippen LogP contribution in [0.25, 0.3) is 11.3 Å². The first-order chi connectivity index (χ1) is 16.7. The number of nitrogens with zero attached hydrogens (tertiary/aromatic N) is 2. The van der Waals surface area contributed by atoms with Crippen LogP contribution in [-0.4, -0.2) is 44.4 Å². The molecule has 1 aliphatic rings. The van der Waals surface area contributed by atoms with Gasteiger partial charge in [-0.2, -0.15) is 5.10 Å². The number of fused-ring (bicyclic) bond motifs is 1. The molecular weight excluding hydrogens is 430 g/mol. The van der Waals surface area contributed by atoms with Crippen LogP contribution in [0.4, 0.5) is 0 Å². The lowest BCUT2D eigenvalue weighted by molar-refractivity contribution is 0.0732. The third-order valence-corrected chi connectivity index (χ3v) is 6.02. The molecule has 3 N–H and O–H groups in total. The largest absolute Gasteiger partial charge is 0.507 e. The molecule has 2 heterocycles. The minimum Gasteiger partial charge on any atom is -0.507 e. The smallest absolute Gasteiger partial charge is 0.273 e. The standard InChI is InChI=1S/C27H25N3O4/c31-16-6-15-30-26(19-11-13-20(14-12-19)34-17-18-7-2-1-3-8-18)23-24(28-29-25(23)27(30)33)21-9-4-5-10-22(21)32/h1-5,7-14,26,31-32H,6,15-17H2,(H,28,29)/t26-/m1/s1. The lowest BCUT2D eigenvalue weighted by Crippen LogP contribution is -2.31. The number of hydrogen-bond acceptors (Lipinski definition) is 5. The average molecular weight is 456 g/mol. The molecule has 0 radical (unpaired) electrons. The zero-order valence-electron chi connectivity index (χ0n) is 18.5. The van der Waals surface area contributed by atoms with E-state index in [4.69, 9.17) is 4.74 Å². The Morgan fingerprint density at radius 2 is 1.71 bits per heavy atom. The summed E-state index contributed by atoms with van der Waals surface area (Å²) >= 11 is 0. The molecule has 7 heteroatoms. The number of aliphatic hydroxyl groups is 1. The molecule has 0 saturated heterocycles. The molecule has 1 atom stereocenters. The maximum absolute atomic E-state index is 13.2. The fourth-order valence-electron chi connectivity index (χ4n) is 4.38. The summed E-state index contributed by atoms with van der Waals surface area (Å²) in [5.74, 6) is 0.653. The van der Waals surface area contributed by atoms with Crippen molar-refractivity contribution in [3.05, 3.63) is 101 Å². The molecule has 7 nitrogen and oxygen atoms in total. The second kappa shape index (κ2) is 9.41. The van der Waals surface area contributed by atoms with Gasteiger partial charge >= 0.3 is 0 Å². The van der Waals surface area contributed by atoms with Gasteiger partial charge in [0.25, 0.3) is 5.91 Å². The average Bonchev–Trinajstić information content (AvgIpc) is 3.41. The fourth-order valence-corrected chi connectivity index (χ4v) is 4.38. The van der Waals surface area contributed by atoms with Crippen LogP contribution in [0, 0.1) is 0 Å². The number of para-hydroxylation sites is 1. The van der Waals surface area contributed by atoms with Crippen molar-refractivity contribution in [1.29, 1.82) is 0 Å². The van der Waals surface area contributed by atoms with Crippen molar-refractivity contribution in [3.8, 4) is 22.8 Å². The third kappa shape index (κ3) is 4.02. The number of aromatic nitrogens is 2. The van der Waals surface area contributed by atoms with Gasteiger partial charge in [0.1, 0.15) is 29.5 Å². The SMILES string of the molecule is O=C1c2[nH]nc(-c3ccccc3O)c2[C@@H](c2ccc(OCc3ccccc3)cc2)N1CCCO. The number of aliphatic hydroxyl groups excluding tert-OH is 1. The van der Waals surface area contributed by atoms with Crippen LogP contribution in [-0.2, 0) is 6.61 Å². The molecule has 34 heavy (non-hydrogen) atoms. The zero-order valence-corrected chi connectivity index (χ0v) is 18.5. The number of amides is 1. The molecule has 1 aromatic heterocycles. The van der Waals surface area contributed by atoms with Crippen molar-refractivity contribution in [2.45, 2.75) is 19.1 Å². The van der Waals surface area contributed by atoms with E-state index in [1.54, 1.807) is 23.1 Å². The number of aromatic hydroxyl groups is 1. The number of nitrogens with one attached hydrogen (secondary N) is 1. The Balaban J connectivity index is 1.48. The van der Waals surface area contributed by atoms with E-state index in [-0.39, 0.29) is 18.3 Å². The van der Waals surface area contributed by atoms with Gasteiger partial charge in [0.15, 0.2) is 0 Å². The summed E-state index contributed by atoms with van der Waals surface area (Å²) in [7, 11) is 0. The second-order valence-electron chi connectivity index (χ2n) is 8.20. The number of H-pyrrole nitrogens is 1. The van der Waals surface area contributed by atoms with Gasteiger partial charge in [-0.15, -0.1) is 0 Å². The van der Waals surface area contributed by atoms with E-state index in [1.165, 1.54) is 0 Å². The second-order valence-corrected chi connectivity index (χ2v) is 8.20. The first-order valence-electron chi connectivity index (χ1n) is 11.2. The predicted octanol–water partition coefficient (Wildman–Crippen LogP) is 4.29. The van der Waals surface area contributed by atoms with Crippen molar-refractivity contribution < 1.29 is 19.7 Å². The van der Waals surface area contributed by atoms with Gasteiger partial charge in [0.05, 0.1) is 6.04 Å². The molecule has 0 fully saturated rings. The Morgan fingerprint density at radius 3 is 2.44 bits per heavy atom. The summed E-state index contributed by atoms with van der Waals surface area (Å²) in [6.45, 7) is 0.851. The van der Waals surface area contributed by atoms with Crippen LogP contribution in [0.15, 0.2) is 78.9 Å². The number of hydrogen-bond donors (Lipinski definition) is 3. The van der Waals surface area contributed by atoms with Crippen molar-refractivity contribution in [2.24, 2.45) is 0 Å². The van der Waals surface area contributed by atoms with Gasteiger partial charge in [-0.25, -0.2) is 0 Å². The highest BCUT2D eigenvalue weighted by molar-refractivity contribution is 6.00.